The van der Waals surface area contributed by atoms with Gasteiger partial charge in [-0.2, -0.15) is 0 Å². The lowest BCUT2D eigenvalue weighted by molar-refractivity contribution is 0.0949. The van der Waals surface area contributed by atoms with E-state index in [0.29, 0.717) is 12.1 Å². The monoisotopic (exact) mass is 277 g/mol. The first-order valence-corrected chi connectivity index (χ1v) is 6.53. The summed E-state index contributed by atoms with van der Waals surface area (Å²) in [5.74, 6) is 4.67. The van der Waals surface area contributed by atoms with Crippen molar-refractivity contribution in [3.63, 3.8) is 0 Å². The smallest absolute Gasteiger partial charge is 0.252 e. The molecule has 1 amide bonds. The van der Waals surface area contributed by atoms with Gasteiger partial charge < -0.3 is 16.0 Å². The van der Waals surface area contributed by atoms with Crippen molar-refractivity contribution in [2.75, 3.05) is 33.2 Å². The molecule has 1 rings (SSSR count). The van der Waals surface area contributed by atoms with E-state index in [1.807, 2.05) is 14.0 Å². The highest BCUT2D eigenvalue weighted by Gasteiger charge is 2.11. The molecule has 5 heteroatoms. The van der Waals surface area contributed by atoms with E-state index in [2.05, 4.69) is 22.1 Å². The zero-order chi connectivity index (χ0) is 15.0. The van der Waals surface area contributed by atoms with E-state index < -0.39 is 5.82 Å². The van der Waals surface area contributed by atoms with Crippen LogP contribution in [0.1, 0.15) is 22.8 Å². The lowest BCUT2D eigenvalue weighted by Gasteiger charge is -2.14. The molecule has 0 aliphatic carbocycles. The molecule has 0 bridgehead atoms. The molecule has 1 aromatic rings. The second-order valence-electron chi connectivity index (χ2n) is 4.35. The van der Waals surface area contributed by atoms with E-state index in [1.54, 1.807) is 0 Å². The number of carbonyl (C=O) groups excluding carboxylic acids is 1. The molecule has 0 aliphatic rings. The van der Waals surface area contributed by atoms with E-state index in [1.165, 1.54) is 18.2 Å². The Morgan fingerprint density at radius 3 is 2.90 bits per heavy atom. The quantitative estimate of drug-likeness (QED) is 0.783. The molecule has 0 saturated heterocycles. The maximum atomic E-state index is 13.3. The summed E-state index contributed by atoms with van der Waals surface area (Å²) in [6.07, 6.45) is 0. The third-order valence-corrected chi connectivity index (χ3v) is 2.87. The highest BCUT2D eigenvalue weighted by molar-refractivity contribution is 5.96. The van der Waals surface area contributed by atoms with Crippen LogP contribution in [-0.4, -0.2) is 44.0 Å². The number of nitrogens with zero attached hydrogens (tertiary/aromatic N) is 1. The third kappa shape index (κ3) is 5.00. The molecule has 0 atom stereocenters. The SMILES string of the molecule is CCN(C)CCNC(=O)c1cc(F)ccc1C#CCN. The largest absolute Gasteiger partial charge is 0.351 e. The number of amides is 1. The minimum atomic E-state index is -0.459. The molecule has 1 aromatic carbocycles. The maximum absolute atomic E-state index is 13.3. The molecular weight excluding hydrogens is 257 g/mol. The van der Waals surface area contributed by atoms with Crippen LogP contribution in [0.3, 0.4) is 0 Å². The first-order chi connectivity index (χ1) is 9.58. The zero-order valence-electron chi connectivity index (χ0n) is 11.9. The second-order valence-corrected chi connectivity index (χ2v) is 4.35. The van der Waals surface area contributed by atoms with Crippen molar-refractivity contribution >= 4 is 5.91 Å². The van der Waals surface area contributed by atoms with Gasteiger partial charge in [0.2, 0.25) is 0 Å². The van der Waals surface area contributed by atoms with Crippen LogP contribution in [0.4, 0.5) is 4.39 Å². The highest BCUT2D eigenvalue weighted by Crippen LogP contribution is 2.10. The average Bonchev–Trinajstić information content (AvgIpc) is 2.45. The predicted molar refractivity (Wildman–Crippen MR) is 77.8 cm³/mol. The van der Waals surface area contributed by atoms with E-state index >= 15 is 0 Å². The Labute approximate surface area is 119 Å². The van der Waals surface area contributed by atoms with Gasteiger partial charge in [0.1, 0.15) is 5.82 Å². The summed E-state index contributed by atoms with van der Waals surface area (Å²) in [7, 11) is 1.96. The standard InChI is InChI=1S/C15H20FN3O/c1-3-19(2)10-9-18-15(20)14-11-13(16)7-6-12(14)5-4-8-17/h6-7,11H,3,8-10,17H2,1-2H3,(H,18,20). The van der Waals surface area contributed by atoms with Gasteiger partial charge >= 0.3 is 0 Å². The van der Waals surface area contributed by atoms with Crippen LogP contribution < -0.4 is 11.1 Å². The van der Waals surface area contributed by atoms with Gasteiger partial charge in [0.25, 0.3) is 5.91 Å². The summed E-state index contributed by atoms with van der Waals surface area (Å²) in [6, 6.07) is 3.96. The fourth-order valence-corrected chi connectivity index (χ4v) is 1.57. The molecule has 0 spiro atoms. The molecule has 4 nitrogen and oxygen atoms in total. The molecule has 0 saturated carbocycles. The minimum absolute atomic E-state index is 0.194. The molecule has 0 aromatic heterocycles. The molecule has 108 valence electrons. The van der Waals surface area contributed by atoms with Crippen LogP contribution in [-0.2, 0) is 0 Å². The molecule has 0 heterocycles. The lowest BCUT2D eigenvalue weighted by atomic mass is 10.1. The Morgan fingerprint density at radius 1 is 1.50 bits per heavy atom. The van der Waals surface area contributed by atoms with Crippen LogP contribution in [0, 0.1) is 17.7 Å². The Bertz CT molecular complexity index is 520. The van der Waals surface area contributed by atoms with Gasteiger partial charge in [0.15, 0.2) is 0 Å². The van der Waals surface area contributed by atoms with Crippen LogP contribution in [0.2, 0.25) is 0 Å². The summed E-state index contributed by atoms with van der Waals surface area (Å²) < 4.78 is 13.3. The Kier molecular flexibility index (Phi) is 6.71. The van der Waals surface area contributed by atoms with Gasteiger partial charge in [-0.1, -0.05) is 18.8 Å². The summed E-state index contributed by atoms with van der Waals surface area (Å²) >= 11 is 0. The van der Waals surface area contributed by atoms with Gasteiger partial charge in [0, 0.05) is 18.7 Å². The summed E-state index contributed by atoms with van der Waals surface area (Å²) in [4.78, 5) is 14.1. The second kappa shape index (κ2) is 8.31. The van der Waals surface area contributed by atoms with Crippen molar-refractivity contribution < 1.29 is 9.18 Å². The normalized spacial score (nSPS) is 10.1. The van der Waals surface area contributed by atoms with Crippen molar-refractivity contribution in [2.45, 2.75) is 6.92 Å². The summed E-state index contributed by atoms with van der Waals surface area (Å²) in [5, 5.41) is 2.76. The summed E-state index contributed by atoms with van der Waals surface area (Å²) in [5.41, 5.74) is 6.03. The van der Waals surface area contributed by atoms with E-state index in [9.17, 15) is 9.18 Å². The van der Waals surface area contributed by atoms with Crippen LogP contribution >= 0.6 is 0 Å². The van der Waals surface area contributed by atoms with E-state index in [4.69, 9.17) is 5.73 Å². The molecule has 0 fully saturated rings. The molecule has 3 N–H and O–H groups in total. The number of hydrogen-bond acceptors (Lipinski definition) is 3. The number of rotatable bonds is 5. The van der Waals surface area contributed by atoms with Gasteiger partial charge in [-0.25, -0.2) is 4.39 Å². The third-order valence-electron chi connectivity index (χ3n) is 2.87. The van der Waals surface area contributed by atoms with Crippen LogP contribution in [0.25, 0.3) is 0 Å². The van der Waals surface area contributed by atoms with Crippen molar-refractivity contribution in [1.82, 2.24) is 10.2 Å². The van der Waals surface area contributed by atoms with Crippen LogP contribution in [0.5, 0.6) is 0 Å². The van der Waals surface area contributed by atoms with Gasteiger partial charge in [-0.05, 0) is 31.8 Å². The maximum Gasteiger partial charge on any atom is 0.252 e. The summed E-state index contributed by atoms with van der Waals surface area (Å²) in [6.45, 7) is 4.38. The molecular formula is C15H20FN3O. The Balaban J connectivity index is 2.78. The number of carbonyl (C=O) groups is 1. The van der Waals surface area contributed by atoms with Crippen LogP contribution in [0.15, 0.2) is 18.2 Å². The highest BCUT2D eigenvalue weighted by atomic mass is 19.1. The average molecular weight is 277 g/mol. The van der Waals surface area contributed by atoms with Crippen molar-refractivity contribution in [1.29, 1.82) is 0 Å². The van der Waals surface area contributed by atoms with Gasteiger partial charge in [-0.3, -0.25) is 4.79 Å². The number of halogens is 1. The first kappa shape index (κ1) is 16.2. The molecule has 0 unspecified atom stereocenters. The molecule has 0 radical (unpaired) electrons. The topological polar surface area (TPSA) is 58.4 Å². The molecule has 0 aliphatic heterocycles. The first-order valence-electron chi connectivity index (χ1n) is 6.53. The fourth-order valence-electron chi connectivity index (χ4n) is 1.57. The fraction of sp³-hybridized carbons (Fsp3) is 0.400. The number of nitrogens with two attached hydrogens (primary N) is 1. The predicted octanol–water partition coefficient (Wildman–Crippen LogP) is 0.817. The number of benzene rings is 1. The zero-order valence-corrected chi connectivity index (χ0v) is 11.9. The van der Waals surface area contributed by atoms with Crippen molar-refractivity contribution in [3.05, 3.63) is 35.1 Å². The number of hydrogen-bond donors (Lipinski definition) is 2. The number of nitrogens with one attached hydrogen (secondary N) is 1. The number of likely N-dealkylation sites (N-methyl/N-ethyl adjacent to an activating group) is 1. The molecule has 20 heavy (non-hydrogen) atoms. The Morgan fingerprint density at radius 2 is 2.25 bits per heavy atom. The van der Waals surface area contributed by atoms with Crippen molar-refractivity contribution in [2.24, 2.45) is 5.73 Å². The van der Waals surface area contributed by atoms with Gasteiger partial charge in [-0.15, -0.1) is 0 Å². The van der Waals surface area contributed by atoms with Crippen molar-refractivity contribution in [3.8, 4) is 11.8 Å². The Hall–Kier alpha value is -1.90. The lowest BCUT2D eigenvalue weighted by Crippen LogP contribution is -2.33. The van der Waals surface area contributed by atoms with E-state index in [-0.39, 0.29) is 18.0 Å². The van der Waals surface area contributed by atoms with E-state index in [0.717, 1.165) is 13.1 Å². The minimum Gasteiger partial charge on any atom is -0.351 e. The van der Waals surface area contributed by atoms with Gasteiger partial charge in [0.05, 0.1) is 12.1 Å².